The van der Waals surface area contributed by atoms with Crippen LogP contribution in [0.5, 0.6) is 0 Å². The van der Waals surface area contributed by atoms with Crippen molar-refractivity contribution >= 4 is 10.0 Å². The first-order valence-electron chi connectivity index (χ1n) is 5.04. The van der Waals surface area contributed by atoms with E-state index in [-0.39, 0.29) is 10.0 Å². The lowest BCUT2D eigenvalue weighted by Gasteiger charge is -2.35. The van der Waals surface area contributed by atoms with E-state index in [1.54, 1.807) is 0 Å². The Labute approximate surface area is 84.6 Å². The Morgan fingerprint density at radius 3 is 2.00 bits per heavy atom. The molecule has 1 heterocycles. The smallest absolute Gasteiger partial charge is 0.0110 e. The number of hydrogen-bond acceptors (Lipinski definition) is 2. The quantitative estimate of drug-likeness (QED) is 0.675. The monoisotopic (exact) mass is 204 g/mol. The molecular weight excluding hydrogens is 180 g/mol. The van der Waals surface area contributed by atoms with Gasteiger partial charge in [0.25, 0.3) is 0 Å². The van der Waals surface area contributed by atoms with Crippen molar-refractivity contribution in [1.29, 1.82) is 0 Å². The number of piperazine rings is 1. The van der Waals surface area contributed by atoms with E-state index in [0.717, 1.165) is 0 Å². The van der Waals surface area contributed by atoms with Gasteiger partial charge in [0.1, 0.15) is 0 Å². The zero-order valence-corrected chi connectivity index (χ0v) is 10.4. The van der Waals surface area contributed by atoms with Gasteiger partial charge in [-0.1, -0.05) is 0 Å². The molecule has 80 valence electrons. The predicted molar refractivity (Wildman–Crippen MR) is 64.2 cm³/mol. The first kappa shape index (κ1) is 11.3. The topological polar surface area (TPSA) is 6.48 Å². The minimum absolute atomic E-state index is 0.292. The molecule has 0 atom stereocenters. The van der Waals surface area contributed by atoms with Gasteiger partial charge in [-0.2, -0.15) is 0 Å². The Hall–Kier alpha value is 0.270. The van der Waals surface area contributed by atoms with E-state index in [4.69, 9.17) is 0 Å². The molecule has 0 saturated carbocycles. The highest BCUT2D eigenvalue weighted by molar-refractivity contribution is 8.32. The lowest BCUT2D eigenvalue weighted by atomic mass is 10.3. The van der Waals surface area contributed by atoms with Gasteiger partial charge in [-0.3, -0.25) is 0 Å². The van der Waals surface area contributed by atoms with Crippen LogP contribution in [-0.2, 0) is 0 Å². The van der Waals surface area contributed by atoms with Gasteiger partial charge < -0.3 is 9.80 Å². The third-order valence-corrected chi connectivity index (χ3v) is 4.02. The highest BCUT2D eigenvalue weighted by Gasteiger charge is 2.14. The van der Waals surface area contributed by atoms with Gasteiger partial charge in [0.2, 0.25) is 0 Å². The van der Waals surface area contributed by atoms with Crippen molar-refractivity contribution in [1.82, 2.24) is 9.80 Å². The van der Waals surface area contributed by atoms with Crippen molar-refractivity contribution < 1.29 is 0 Å². The van der Waals surface area contributed by atoms with Crippen molar-refractivity contribution in [3.8, 4) is 0 Å². The predicted octanol–water partition coefficient (Wildman–Crippen LogP) is 0.928. The first-order valence-corrected chi connectivity index (χ1v) is 8.07. The van der Waals surface area contributed by atoms with Crippen LogP contribution in [-0.4, -0.2) is 74.1 Å². The van der Waals surface area contributed by atoms with E-state index in [1.807, 2.05) is 0 Å². The molecule has 3 heteroatoms. The fourth-order valence-electron chi connectivity index (χ4n) is 1.47. The first-order chi connectivity index (χ1) is 5.97. The summed E-state index contributed by atoms with van der Waals surface area (Å²) in [6, 6.07) is 0. The average molecular weight is 204 g/mol. The number of hydrogen-bond donors (Lipinski definition) is 0. The molecule has 0 aromatic rings. The van der Waals surface area contributed by atoms with Crippen LogP contribution in [0.4, 0.5) is 0 Å². The van der Waals surface area contributed by atoms with Gasteiger partial charge in [0.15, 0.2) is 0 Å². The Balaban J connectivity index is 2.16. The zero-order chi connectivity index (χ0) is 9.90. The van der Waals surface area contributed by atoms with E-state index >= 15 is 0 Å². The second kappa shape index (κ2) is 4.67. The maximum Gasteiger partial charge on any atom is 0.0110 e. The van der Waals surface area contributed by atoms with E-state index in [0.29, 0.717) is 0 Å². The van der Waals surface area contributed by atoms with Crippen LogP contribution in [0.25, 0.3) is 0 Å². The SMILES string of the molecule is CN1CCN(CCS(C)(C)C)CC1. The molecule has 1 rings (SSSR count). The fraction of sp³-hybridized carbons (Fsp3) is 1.00. The molecule has 1 aliphatic heterocycles. The molecule has 0 unspecified atom stereocenters. The van der Waals surface area contributed by atoms with E-state index < -0.39 is 0 Å². The van der Waals surface area contributed by atoms with E-state index in [2.05, 4.69) is 35.6 Å². The summed E-state index contributed by atoms with van der Waals surface area (Å²) in [5.41, 5.74) is 0. The summed E-state index contributed by atoms with van der Waals surface area (Å²) in [4.78, 5) is 5.03. The molecule has 0 spiro atoms. The largest absolute Gasteiger partial charge is 0.304 e. The standard InChI is InChI=1S/C10H24N2S/c1-11-5-7-12(8-6-11)9-10-13(2,3)4/h5-10H2,1-4H3. The Morgan fingerprint density at radius 1 is 1.00 bits per heavy atom. The van der Waals surface area contributed by atoms with Gasteiger partial charge in [0.05, 0.1) is 0 Å². The summed E-state index contributed by atoms with van der Waals surface area (Å²) in [6.45, 7) is 6.35. The molecule has 0 amide bonds. The molecule has 0 radical (unpaired) electrons. The maximum absolute atomic E-state index is 2.61. The van der Waals surface area contributed by atoms with Gasteiger partial charge in [-0.25, -0.2) is 10.0 Å². The molecule has 0 bridgehead atoms. The summed E-state index contributed by atoms with van der Waals surface area (Å²) >= 11 is 0. The minimum atomic E-state index is -0.292. The summed E-state index contributed by atoms with van der Waals surface area (Å²) in [5.74, 6) is 1.40. The lowest BCUT2D eigenvalue weighted by molar-refractivity contribution is 0.161. The maximum atomic E-state index is 2.61. The fourth-order valence-corrected chi connectivity index (χ4v) is 2.28. The molecule has 2 nitrogen and oxygen atoms in total. The highest BCUT2D eigenvalue weighted by atomic mass is 32.3. The Morgan fingerprint density at radius 2 is 1.54 bits per heavy atom. The minimum Gasteiger partial charge on any atom is -0.304 e. The lowest BCUT2D eigenvalue weighted by Crippen LogP contribution is -2.45. The van der Waals surface area contributed by atoms with Crippen molar-refractivity contribution in [2.45, 2.75) is 0 Å². The number of rotatable bonds is 3. The molecule has 0 aliphatic carbocycles. The van der Waals surface area contributed by atoms with Crippen LogP contribution < -0.4 is 0 Å². The number of likely N-dealkylation sites (N-methyl/N-ethyl adjacent to an activating group) is 1. The molecule has 1 fully saturated rings. The molecule has 0 aromatic carbocycles. The average Bonchev–Trinajstić information content (AvgIpc) is 2.02. The van der Waals surface area contributed by atoms with E-state index in [1.165, 1.54) is 38.5 Å². The number of nitrogens with zero attached hydrogens (tertiary/aromatic N) is 2. The Bertz CT molecular complexity index is 145. The van der Waals surface area contributed by atoms with Crippen molar-refractivity contribution in [3.63, 3.8) is 0 Å². The van der Waals surface area contributed by atoms with Crippen LogP contribution in [0.3, 0.4) is 0 Å². The molecule has 1 aliphatic rings. The van der Waals surface area contributed by atoms with Crippen LogP contribution >= 0.6 is 10.0 Å². The molecule has 0 aromatic heterocycles. The van der Waals surface area contributed by atoms with Gasteiger partial charge in [-0.15, -0.1) is 0 Å². The summed E-state index contributed by atoms with van der Waals surface area (Å²) in [5, 5.41) is 0. The third kappa shape index (κ3) is 4.89. The summed E-state index contributed by atoms with van der Waals surface area (Å²) in [7, 11) is 1.92. The van der Waals surface area contributed by atoms with Gasteiger partial charge >= 0.3 is 0 Å². The third-order valence-electron chi connectivity index (χ3n) is 2.62. The zero-order valence-electron chi connectivity index (χ0n) is 9.55. The molecular formula is C10H24N2S. The second-order valence-electron chi connectivity index (χ2n) is 4.94. The molecule has 1 saturated heterocycles. The van der Waals surface area contributed by atoms with Crippen molar-refractivity contribution in [2.24, 2.45) is 0 Å². The molecule has 13 heavy (non-hydrogen) atoms. The van der Waals surface area contributed by atoms with Gasteiger partial charge in [-0.05, 0) is 31.6 Å². The summed E-state index contributed by atoms with van der Waals surface area (Å²) in [6.07, 6.45) is 7.22. The van der Waals surface area contributed by atoms with E-state index in [9.17, 15) is 0 Å². The van der Waals surface area contributed by atoms with Crippen molar-refractivity contribution in [2.75, 3.05) is 64.3 Å². The van der Waals surface area contributed by atoms with Crippen molar-refractivity contribution in [3.05, 3.63) is 0 Å². The van der Waals surface area contributed by atoms with Crippen LogP contribution in [0, 0.1) is 0 Å². The second-order valence-corrected chi connectivity index (χ2v) is 9.53. The summed E-state index contributed by atoms with van der Waals surface area (Å²) < 4.78 is 0. The highest BCUT2D eigenvalue weighted by Crippen LogP contribution is 2.33. The van der Waals surface area contributed by atoms with Gasteiger partial charge in [0, 0.05) is 32.7 Å². The normalized spacial score (nSPS) is 23.4. The van der Waals surface area contributed by atoms with Crippen LogP contribution in [0.2, 0.25) is 0 Å². The van der Waals surface area contributed by atoms with Crippen LogP contribution in [0.1, 0.15) is 0 Å². The van der Waals surface area contributed by atoms with Crippen LogP contribution in [0.15, 0.2) is 0 Å². The Kier molecular flexibility index (Phi) is 4.07. The molecule has 0 N–H and O–H groups in total.